The van der Waals surface area contributed by atoms with Crippen LogP contribution in [0, 0.1) is 5.92 Å². The average Bonchev–Trinajstić information content (AvgIpc) is 2.39. The van der Waals surface area contributed by atoms with E-state index < -0.39 is 0 Å². The molecule has 0 fully saturated rings. The van der Waals surface area contributed by atoms with E-state index in [1.54, 1.807) is 0 Å². The van der Waals surface area contributed by atoms with Gasteiger partial charge in [-0.2, -0.15) is 0 Å². The normalized spacial score (nSPS) is 12.8. The molecule has 0 radical (unpaired) electrons. The maximum atomic E-state index is 6.10. The monoisotopic (exact) mass is 242 g/mol. The van der Waals surface area contributed by atoms with Crippen molar-refractivity contribution in [2.45, 2.75) is 26.8 Å². The number of anilines is 1. The van der Waals surface area contributed by atoms with Gasteiger partial charge in [-0.05, 0) is 40.9 Å². The zero-order valence-electron chi connectivity index (χ0n) is 11.2. The number of benzene rings is 2. The van der Waals surface area contributed by atoms with Crippen molar-refractivity contribution in [1.82, 2.24) is 5.32 Å². The number of fused-ring (bicyclic) bond motifs is 1. The van der Waals surface area contributed by atoms with Crippen LogP contribution >= 0.6 is 0 Å². The molecule has 0 aliphatic carbocycles. The molecule has 1 atom stereocenters. The first-order valence-electron chi connectivity index (χ1n) is 6.68. The Bertz CT molecular complexity index is 519. The van der Waals surface area contributed by atoms with E-state index in [0.717, 1.165) is 18.8 Å². The van der Waals surface area contributed by atoms with E-state index in [9.17, 15) is 0 Å². The first-order chi connectivity index (χ1) is 8.70. The van der Waals surface area contributed by atoms with E-state index >= 15 is 0 Å². The topological polar surface area (TPSA) is 38.0 Å². The van der Waals surface area contributed by atoms with E-state index in [2.05, 4.69) is 49.5 Å². The second kappa shape index (κ2) is 5.87. The van der Waals surface area contributed by atoms with Gasteiger partial charge in [0.1, 0.15) is 0 Å². The van der Waals surface area contributed by atoms with Crippen molar-refractivity contribution in [3.8, 4) is 0 Å². The van der Waals surface area contributed by atoms with E-state index in [0.29, 0.717) is 5.92 Å². The molecule has 2 aromatic rings. The minimum atomic E-state index is 0.715. The summed E-state index contributed by atoms with van der Waals surface area (Å²) in [5.41, 5.74) is 8.17. The summed E-state index contributed by atoms with van der Waals surface area (Å²) >= 11 is 0. The number of rotatable bonds is 5. The molecule has 3 N–H and O–H groups in total. The van der Waals surface area contributed by atoms with Crippen LogP contribution in [0.1, 0.15) is 25.8 Å². The highest BCUT2D eigenvalue weighted by atomic mass is 14.9. The van der Waals surface area contributed by atoms with Crippen LogP contribution in [0.5, 0.6) is 0 Å². The molecule has 0 saturated carbocycles. The Balaban J connectivity index is 2.10. The summed E-state index contributed by atoms with van der Waals surface area (Å²) in [5, 5.41) is 5.94. The van der Waals surface area contributed by atoms with Crippen molar-refractivity contribution in [1.29, 1.82) is 0 Å². The third-order valence-electron chi connectivity index (χ3n) is 3.51. The molecule has 2 rings (SSSR count). The molecule has 0 aromatic heterocycles. The second-order valence-electron chi connectivity index (χ2n) is 5.04. The Morgan fingerprint density at radius 2 is 1.83 bits per heavy atom. The predicted molar refractivity (Wildman–Crippen MR) is 79.5 cm³/mol. The molecule has 0 spiro atoms. The number of hydrogen-bond acceptors (Lipinski definition) is 2. The number of nitrogen functional groups attached to an aromatic ring is 1. The highest BCUT2D eigenvalue weighted by molar-refractivity contribution is 5.86. The molecule has 0 amide bonds. The van der Waals surface area contributed by atoms with Gasteiger partial charge in [-0.1, -0.05) is 44.5 Å². The quantitative estimate of drug-likeness (QED) is 0.787. The fourth-order valence-electron chi connectivity index (χ4n) is 2.06. The van der Waals surface area contributed by atoms with E-state index in [4.69, 9.17) is 5.73 Å². The van der Waals surface area contributed by atoms with Gasteiger partial charge in [-0.15, -0.1) is 0 Å². The standard InChI is InChI=1S/C16H22N2/c1-3-12(2)10-18-11-15-8-13-6-4-5-7-14(13)9-16(15)17/h4-9,12,18H,3,10-11,17H2,1-2H3. The SMILES string of the molecule is CCC(C)CNCc1cc2ccccc2cc1N. The molecule has 2 nitrogen and oxygen atoms in total. The number of nitrogens with two attached hydrogens (primary N) is 1. The van der Waals surface area contributed by atoms with Crippen molar-refractivity contribution in [3.63, 3.8) is 0 Å². The van der Waals surface area contributed by atoms with Crippen LogP contribution in [0.4, 0.5) is 5.69 Å². The molecule has 0 bridgehead atoms. The van der Waals surface area contributed by atoms with Crippen LogP contribution < -0.4 is 11.1 Å². The average molecular weight is 242 g/mol. The molecule has 0 heterocycles. The number of nitrogens with one attached hydrogen (secondary N) is 1. The molecule has 0 aliphatic rings. The highest BCUT2D eigenvalue weighted by Gasteiger charge is 2.03. The largest absolute Gasteiger partial charge is 0.398 e. The lowest BCUT2D eigenvalue weighted by Gasteiger charge is -2.12. The lowest BCUT2D eigenvalue weighted by molar-refractivity contribution is 0.500. The molecule has 0 saturated heterocycles. The van der Waals surface area contributed by atoms with Crippen molar-refractivity contribution in [2.75, 3.05) is 12.3 Å². The van der Waals surface area contributed by atoms with Crippen LogP contribution in [0.25, 0.3) is 10.8 Å². The molecule has 1 unspecified atom stereocenters. The van der Waals surface area contributed by atoms with Gasteiger partial charge in [0, 0.05) is 12.2 Å². The Labute approximate surface area is 109 Å². The minimum Gasteiger partial charge on any atom is -0.398 e. The summed E-state index contributed by atoms with van der Waals surface area (Å²) < 4.78 is 0. The van der Waals surface area contributed by atoms with Crippen LogP contribution in [0.15, 0.2) is 36.4 Å². The van der Waals surface area contributed by atoms with Gasteiger partial charge >= 0.3 is 0 Å². The third-order valence-corrected chi connectivity index (χ3v) is 3.51. The lowest BCUT2D eigenvalue weighted by Crippen LogP contribution is -2.20. The van der Waals surface area contributed by atoms with Crippen LogP contribution in [-0.4, -0.2) is 6.54 Å². The van der Waals surface area contributed by atoms with Gasteiger partial charge in [0.05, 0.1) is 0 Å². The van der Waals surface area contributed by atoms with Crippen molar-refractivity contribution < 1.29 is 0 Å². The molecule has 2 heteroatoms. The molecule has 0 aliphatic heterocycles. The molecule has 2 aromatic carbocycles. The van der Waals surface area contributed by atoms with Crippen molar-refractivity contribution in [3.05, 3.63) is 42.0 Å². The lowest BCUT2D eigenvalue weighted by atomic mass is 10.0. The van der Waals surface area contributed by atoms with Gasteiger partial charge in [0.2, 0.25) is 0 Å². The van der Waals surface area contributed by atoms with Crippen LogP contribution in [0.3, 0.4) is 0 Å². The Morgan fingerprint density at radius 3 is 2.50 bits per heavy atom. The predicted octanol–water partition coefficient (Wildman–Crippen LogP) is 3.56. The zero-order chi connectivity index (χ0) is 13.0. The van der Waals surface area contributed by atoms with Gasteiger partial charge in [0.25, 0.3) is 0 Å². The van der Waals surface area contributed by atoms with Crippen LogP contribution in [-0.2, 0) is 6.54 Å². The first-order valence-corrected chi connectivity index (χ1v) is 6.68. The summed E-state index contributed by atoms with van der Waals surface area (Å²) in [4.78, 5) is 0. The molecule has 96 valence electrons. The molecular formula is C16H22N2. The Kier molecular flexibility index (Phi) is 4.21. The molecular weight excluding hydrogens is 220 g/mol. The summed E-state index contributed by atoms with van der Waals surface area (Å²) in [6.45, 7) is 6.37. The van der Waals surface area contributed by atoms with Crippen LogP contribution in [0.2, 0.25) is 0 Å². The Morgan fingerprint density at radius 1 is 1.17 bits per heavy atom. The van der Waals surface area contributed by atoms with Gasteiger partial charge in [-0.25, -0.2) is 0 Å². The maximum absolute atomic E-state index is 6.10. The minimum absolute atomic E-state index is 0.715. The summed E-state index contributed by atoms with van der Waals surface area (Å²) in [6.07, 6.45) is 1.21. The van der Waals surface area contributed by atoms with E-state index in [1.807, 2.05) is 6.07 Å². The van der Waals surface area contributed by atoms with Gasteiger partial charge in [0.15, 0.2) is 0 Å². The van der Waals surface area contributed by atoms with Crippen molar-refractivity contribution in [2.24, 2.45) is 5.92 Å². The first kappa shape index (κ1) is 12.9. The van der Waals surface area contributed by atoms with E-state index in [-0.39, 0.29) is 0 Å². The molecule has 18 heavy (non-hydrogen) atoms. The summed E-state index contributed by atoms with van der Waals surface area (Å²) in [7, 11) is 0. The smallest absolute Gasteiger partial charge is 0.0366 e. The number of hydrogen-bond donors (Lipinski definition) is 2. The maximum Gasteiger partial charge on any atom is 0.0366 e. The van der Waals surface area contributed by atoms with Gasteiger partial charge in [-0.3, -0.25) is 0 Å². The summed E-state index contributed by atoms with van der Waals surface area (Å²) in [6, 6.07) is 12.6. The highest BCUT2D eigenvalue weighted by Crippen LogP contribution is 2.21. The second-order valence-corrected chi connectivity index (χ2v) is 5.04. The summed E-state index contributed by atoms with van der Waals surface area (Å²) in [5.74, 6) is 0.715. The van der Waals surface area contributed by atoms with E-state index in [1.165, 1.54) is 22.8 Å². The third kappa shape index (κ3) is 3.02. The zero-order valence-corrected chi connectivity index (χ0v) is 11.2. The van der Waals surface area contributed by atoms with Crippen molar-refractivity contribution >= 4 is 16.5 Å². The fourth-order valence-corrected chi connectivity index (χ4v) is 2.06. The van der Waals surface area contributed by atoms with Gasteiger partial charge < -0.3 is 11.1 Å². The fraction of sp³-hybridized carbons (Fsp3) is 0.375. The Hall–Kier alpha value is -1.54.